The molecule has 2 aromatic rings. The Bertz CT molecular complexity index is 864. The second-order valence-electron chi connectivity index (χ2n) is 6.10. The fourth-order valence-electron chi connectivity index (χ4n) is 2.25. The van der Waals surface area contributed by atoms with Crippen molar-refractivity contribution >= 4 is 40.7 Å². The number of benzene rings is 2. The van der Waals surface area contributed by atoms with Gasteiger partial charge in [-0.2, -0.15) is 0 Å². The number of rotatable bonds is 5. The second kappa shape index (κ2) is 10.2. The predicted molar refractivity (Wildman–Crippen MR) is 112 cm³/mol. The molecule has 0 bridgehead atoms. The summed E-state index contributed by atoms with van der Waals surface area (Å²) >= 11 is 5.01. The summed E-state index contributed by atoms with van der Waals surface area (Å²) in [5.74, 6) is -0.881. The van der Waals surface area contributed by atoms with Gasteiger partial charge in [0.2, 0.25) is 5.91 Å². The Morgan fingerprint density at radius 3 is 2.04 bits per heavy atom. The fraction of sp³-hybridized carbons (Fsp3) is 0.200. The SMILES string of the molecule is CCCC(=O)Nc1ccc(C(=O)NNC(=S)NC(=O)c2ccc(C)cc2)cc1. The molecule has 0 aliphatic rings. The van der Waals surface area contributed by atoms with Crippen LogP contribution in [-0.2, 0) is 4.79 Å². The smallest absolute Gasteiger partial charge is 0.269 e. The van der Waals surface area contributed by atoms with Gasteiger partial charge in [-0.1, -0.05) is 24.6 Å². The van der Waals surface area contributed by atoms with Crippen molar-refractivity contribution in [1.29, 1.82) is 0 Å². The van der Waals surface area contributed by atoms with E-state index in [1.807, 2.05) is 26.0 Å². The van der Waals surface area contributed by atoms with Gasteiger partial charge in [0, 0.05) is 23.2 Å². The predicted octanol–water partition coefficient (Wildman–Crippen LogP) is 2.68. The highest BCUT2D eigenvalue weighted by Crippen LogP contribution is 2.10. The van der Waals surface area contributed by atoms with Crippen LogP contribution in [0.5, 0.6) is 0 Å². The number of hydrogen-bond acceptors (Lipinski definition) is 4. The molecule has 0 saturated heterocycles. The maximum absolute atomic E-state index is 12.1. The first-order chi connectivity index (χ1) is 13.4. The quantitative estimate of drug-likeness (QED) is 0.458. The Morgan fingerprint density at radius 2 is 1.43 bits per heavy atom. The zero-order valence-electron chi connectivity index (χ0n) is 15.7. The first-order valence-corrected chi connectivity index (χ1v) is 9.18. The number of carbonyl (C=O) groups is 3. The van der Waals surface area contributed by atoms with Crippen LogP contribution in [0.1, 0.15) is 46.0 Å². The van der Waals surface area contributed by atoms with Gasteiger partial charge in [0.05, 0.1) is 0 Å². The van der Waals surface area contributed by atoms with Gasteiger partial charge in [-0.15, -0.1) is 0 Å². The minimum absolute atomic E-state index is 0.0256. The average molecular weight is 398 g/mol. The van der Waals surface area contributed by atoms with Crippen LogP contribution < -0.4 is 21.5 Å². The molecule has 0 aromatic heterocycles. The monoisotopic (exact) mass is 398 g/mol. The van der Waals surface area contributed by atoms with Crippen LogP contribution >= 0.6 is 12.2 Å². The third-order valence-corrected chi connectivity index (χ3v) is 3.94. The molecule has 0 spiro atoms. The molecule has 0 saturated carbocycles. The molecule has 8 heteroatoms. The topological polar surface area (TPSA) is 99.3 Å². The van der Waals surface area contributed by atoms with E-state index in [-0.39, 0.29) is 16.9 Å². The number of amides is 3. The summed E-state index contributed by atoms with van der Waals surface area (Å²) in [4.78, 5) is 35.8. The van der Waals surface area contributed by atoms with Crippen LogP contribution in [0.3, 0.4) is 0 Å². The van der Waals surface area contributed by atoms with Gasteiger partial charge in [-0.05, 0) is 62.0 Å². The zero-order chi connectivity index (χ0) is 20.5. The van der Waals surface area contributed by atoms with E-state index in [0.29, 0.717) is 23.2 Å². The lowest BCUT2D eigenvalue weighted by atomic mass is 10.1. The third kappa shape index (κ3) is 6.48. The van der Waals surface area contributed by atoms with Crippen LogP contribution in [0, 0.1) is 6.92 Å². The number of anilines is 1. The van der Waals surface area contributed by atoms with E-state index >= 15 is 0 Å². The number of nitrogens with one attached hydrogen (secondary N) is 4. The van der Waals surface area contributed by atoms with Gasteiger partial charge in [0.15, 0.2) is 5.11 Å². The summed E-state index contributed by atoms with van der Waals surface area (Å²) in [7, 11) is 0. The summed E-state index contributed by atoms with van der Waals surface area (Å²) in [6.07, 6.45) is 1.20. The van der Waals surface area contributed by atoms with E-state index < -0.39 is 5.91 Å². The van der Waals surface area contributed by atoms with Crippen molar-refractivity contribution in [3.63, 3.8) is 0 Å². The number of carbonyl (C=O) groups excluding carboxylic acids is 3. The molecule has 28 heavy (non-hydrogen) atoms. The molecule has 146 valence electrons. The van der Waals surface area contributed by atoms with Crippen molar-refractivity contribution < 1.29 is 14.4 Å². The van der Waals surface area contributed by atoms with Gasteiger partial charge < -0.3 is 5.32 Å². The van der Waals surface area contributed by atoms with E-state index in [9.17, 15) is 14.4 Å². The number of hydrogen-bond donors (Lipinski definition) is 4. The highest BCUT2D eigenvalue weighted by molar-refractivity contribution is 7.80. The van der Waals surface area contributed by atoms with Crippen LogP contribution in [-0.4, -0.2) is 22.8 Å². The molecular formula is C20H22N4O3S. The highest BCUT2D eigenvalue weighted by Gasteiger charge is 2.10. The Balaban J connectivity index is 1.82. The lowest BCUT2D eigenvalue weighted by molar-refractivity contribution is -0.116. The Kier molecular flexibility index (Phi) is 7.65. The van der Waals surface area contributed by atoms with Crippen molar-refractivity contribution in [1.82, 2.24) is 16.2 Å². The molecule has 2 aromatic carbocycles. The number of thiocarbonyl (C=S) groups is 1. The molecular weight excluding hydrogens is 376 g/mol. The Labute approximate surface area is 168 Å². The van der Waals surface area contributed by atoms with Crippen molar-refractivity contribution in [3.05, 3.63) is 65.2 Å². The number of hydrazine groups is 1. The summed E-state index contributed by atoms with van der Waals surface area (Å²) in [6.45, 7) is 3.85. The van der Waals surface area contributed by atoms with Gasteiger partial charge in [0.25, 0.3) is 11.8 Å². The van der Waals surface area contributed by atoms with E-state index in [4.69, 9.17) is 12.2 Å². The van der Waals surface area contributed by atoms with Crippen LogP contribution in [0.4, 0.5) is 5.69 Å². The largest absolute Gasteiger partial charge is 0.326 e. The van der Waals surface area contributed by atoms with E-state index in [0.717, 1.165) is 12.0 Å². The van der Waals surface area contributed by atoms with Gasteiger partial charge in [-0.25, -0.2) is 0 Å². The molecule has 7 nitrogen and oxygen atoms in total. The summed E-state index contributed by atoms with van der Waals surface area (Å²) in [5.41, 5.74) is 7.39. The van der Waals surface area contributed by atoms with Crippen LogP contribution in [0.2, 0.25) is 0 Å². The van der Waals surface area contributed by atoms with E-state index in [1.54, 1.807) is 36.4 Å². The van der Waals surface area contributed by atoms with Crippen molar-refractivity contribution in [2.75, 3.05) is 5.32 Å². The molecule has 0 heterocycles. The first kappa shape index (κ1) is 21.0. The average Bonchev–Trinajstić information content (AvgIpc) is 2.67. The number of aryl methyl sites for hydroxylation is 1. The van der Waals surface area contributed by atoms with Crippen LogP contribution in [0.25, 0.3) is 0 Å². The fourth-order valence-corrected chi connectivity index (χ4v) is 2.40. The Morgan fingerprint density at radius 1 is 0.857 bits per heavy atom. The summed E-state index contributed by atoms with van der Waals surface area (Å²) in [6, 6.07) is 13.4. The molecule has 0 fully saturated rings. The van der Waals surface area contributed by atoms with Crippen molar-refractivity contribution in [2.45, 2.75) is 26.7 Å². The summed E-state index contributed by atoms with van der Waals surface area (Å²) < 4.78 is 0. The van der Waals surface area contributed by atoms with Crippen molar-refractivity contribution in [2.24, 2.45) is 0 Å². The second-order valence-corrected chi connectivity index (χ2v) is 6.51. The van der Waals surface area contributed by atoms with Crippen LogP contribution in [0.15, 0.2) is 48.5 Å². The van der Waals surface area contributed by atoms with E-state index in [2.05, 4.69) is 21.5 Å². The van der Waals surface area contributed by atoms with Gasteiger partial charge in [-0.3, -0.25) is 30.6 Å². The molecule has 4 N–H and O–H groups in total. The molecule has 2 rings (SSSR count). The Hall–Kier alpha value is -3.26. The van der Waals surface area contributed by atoms with Crippen molar-refractivity contribution in [3.8, 4) is 0 Å². The molecule has 0 aliphatic carbocycles. The minimum atomic E-state index is -0.432. The minimum Gasteiger partial charge on any atom is -0.326 e. The normalized spacial score (nSPS) is 9.93. The van der Waals surface area contributed by atoms with Gasteiger partial charge >= 0.3 is 0 Å². The summed E-state index contributed by atoms with van der Waals surface area (Å²) in [5, 5.41) is 5.20. The lowest BCUT2D eigenvalue weighted by Crippen LogP contribution is -2.48. The first-order valence-electron chi connectivity index (χ1n) is 8.77. The maximum atomic E-state index is 12.1. The molecule has 0 radical (unpaired) electrons. The molecule has 0 atom stereocenters. The van der Waals surface area contributed by atoms with Gasteiger partial charge in [0.1, 0.15) is 0 Å². The molecule has 3 amide bonds. The molecule has 0 aliphatic heterocycles. The standard InChI is InChI=1S/C20H22N4O3S/c1-3-4-17(25)21-16-11-9-15(10-12-16)19(27)23-24-20(28)22-18(26)14-7-5-13(2)6-8-14/h5-12H,3-4H2,1-2H3,(H,21,25)(H,23,27)(H2,22,24,26,28). The lowest BCUT2D eigenvalue weighted by Gasteiger charge is -2.11. The van der Waals surface area contributed by atoms with E-state index in [1.165, 1.54) is 0 Å². The third-order valence-electron chi connectivity index (χ3n) is 3.74. The molecule has 0 unspecified atom stereocenters. The highest BCUT2D eigenvalue weighted by atomic mass is 32.1. The maximum Gasteiger partial charge on any atom is 0.269 e. The zero-order valence-corrected chi connectivity index (χ0v) is 16.5.